The van der Waals surface area contributed by atoms with Crippen molar-refractivity contribution in [3.8, 4) is 0 Å². The van der Waals surface area contributed by atoms with Gasteiger partial charge >= 0.3 is 0 Å². The molecule has 2 rings (SSSR count). The Labute approximate surface area is 106 Å². The van der Waals surface area contributed by atoms with Gasteiger partial charge < -0.3 is 0 Å². The zero-order valence-corrected chi connectivity index (χ0v) is 10.3. The molecule has 1 amide bonds. The standard InChI is InChI=1S/C14H16N2O2/c1-2-3-4-10-5-6-11-7-8-15-13(12(11)9-10)14(17)16-18/h5-9,18H,2-4H2,1H3,(H,16,17). The van der Waals surface area contributed by atoms with Crippen LogP contribution in [0.3, 0.4) is 0 Å². The summed E-state index contributed by atoms with van der Waals surface area (Å²) in [4.78, 5) is 15.6. The summed E-state index contributed by atoms with van der Waals surface area (Å²) in [5.74, 6) is -0.576. The Morgan fingerprint density at radius 3 is 2.94 bits per heavy atom. The van der Waals surface area contributed by atoms with Crippen LogP contribution in [0, 0.1) is 0 Å². The highest BCUT2D eigenvalue weighted by molar-refractivity contribution is 6.04. The lowest BCUT2D eigenvalue weighted by Crippen LogP contribution is -2.20. The van der Waals surface area contributed by atoms with Crippen LogP contribution in [0.25, 0.3) is 10.8 Å². The Morgan fingerprint density at radius 2 is 2.22 bits per heavy atom. The number of aromatic nitrogens is 1. The molecule has 4 nitrogen and oxygen atoms in total. The van der Waals surface area contributed by atoms with Crippen molar-refractivity contribution < 1.29 is 10.0 Å². The highest BCUT2D eigenvalue weighted by Crippen LogP contribution is 2.19. The number of nitrogens with zero attached hydrogens (tertiary/aromatic N) is 1. The first-order valence-electron chi connectivity index (χ1n) is 6.08. The van der Waals surface area contributed by atoms with Gasteiger partial charge in [-0.1, -0.05) is 25.5 Å². The fourth-order valence-corrected chi connectivity index (χ4v) is 1.99. The summed E-state index contributed by atoms with van der Waals surface area (Å²) < 4.78 is 0. The predicted molar refractivity (Wildman–Crippen MR) is 69.6 cm³/mol. The molecule has 2 N–H and O–H groups in total. The van der Waals surface area contributed by atoms with E-state index in [-0.39, 0.29) is 5.69 Å². The number of aryl methyl sites for hydroxylation is 1. The Hall–Kier alpha value is -1.94. The monoisotopic (exact) mass is 244 g/mol. The van der Waals surface area contributed by atoms with Gasteiger partial charge in [0.05, 0.1) is 0 Å². The minimum atomic E-state index is -0.576. The number of hydrogen-bond donors (Lipinski definition) is 2. The fraction of sp³-hybridized carbons (Fsp3) is 0.286. The van der Waals surface area contributed by atoms with Crippen LogP contribution in [0.5, 0.6) is 0 Å². The molecule has 0 atom stereocenters. The zero-order valence-electron chi connectivity index (χ0n) is 10.3. The summed E-state index contributed by atoms with van der Waals surface area (Å²) in [5, 5.41) is 10.4. The topological polar surface area (TPSA) is 62.2 Å². The molecule has 0 aliphatic heterocycles. The first-order valence-corrected chi connectivity index (χ1v) is 6.08. The van der Waals surface area contributed by atoms with Crippen LogP contribution >= 0.6 is 0 Å². The van der Waals surface area contributed by atoms with Crippen LogP contribution in [0.15, 0.2) is 30.5 Å². The number of fused-ring (bicyclic) bond motifs is 1. The number of carbonyl (C=O) groups is 1. The van der Waals surface area contributed by atoms with Gasteiger partial charge in [0.25, 0.3) is 5.91 Å². The summed E-state index contributed by atoms with van der Waals surface area (Å²) in [7, 11) is 0. The molecule has 0 aliphatic rings. The number of pyridine rings is 1. The van der Waals surface area contributed by atoms with Crippen molar-refractivity contribution in [2.75, 3.05) is 0 Å². The second kappa shape index (κ2) is 5.60. The molecule has 1 aromatic carbocycles. The van der Waals surface area contributed by atoms with E-state index in [2.05, 4.69) is 18.0 Å². The molecular weight excluding hydrogens is 228 g/mol. The van der Waals surface area contributed by atoms with Gasteiger partial charge in [0.1, 0.15) is 5.69 Å². The largest absolute Gasteiger partial charge is 0.293 e. The number of unbranched alkanes of at least 4 members (excludes halogenated alkanes) is 1. The third kappa shape index (κ3) is 2.49. The summed E-state index contributed by atoms with van der Waals surface area (Å²) in [6.45, 7) is 2.15. The van der Waals surface area contributed by atoms with E-state index in [0.717, 1.165) is 30.0 Å². The molecule has 0 aliphatic carbocycles. The van der Waals surface area contributed by atoms with E-state index in [1.807, 2.05) is 18.2 Å². The third-order valence-electron chi connectivity index (χ3n) is 2.97. The normalized spacial score (nSPS) is 10.6. The number of benzene rings is 1. The van der Waals surface area contributed by atoms with Crippen molar-refractivity contribution in [1.82, 2.24) is 10.5 Å². The van der Waals surface area contributed by atoms with Crippen LogP contribution in [-0.2, 0) is 6.42 Å². The van der Waals surface area contributed by atoms with Crippen molar-refractivity contribution in [2.24, 2.45) is 0 Å². The van der Waals surface area contributed by atoms with E-state index in [1.54, 1.807) is 11.7 Å². The summed E-state index contributed by atoms with van der Waals surface area (Å²) >= 11 is 0. The molecule has 2 aromatic rings. The number of rotatable bonds is 4. The molecule has 94 valence electrons. The molecule has 0 saturated heterocycles. The molecule has 0 saturated carbocycles. The highest BCUT2D eigenvalue weighted by Gasteiger charge is 2.10. The molecule has 0 bridgehead atoms. The van der Waals surface area contributed by atoms with Gasteiger partial charge in [-0.05, 0) is 35.9 Å². The Balaban J connectivity index is 2.48. The lowest BCUT2D eigenvalue weighted by molar-refractivity contribution is 0.0703. The molecular formula is C14H16N2O2. The Morgan fingerprint density at radius 1 is 1.39 bits per heavy atom. The minimum Gasteiger partial charge on any atom is -0.288 e. The predicted octanol–water partition coefficient (Wildman–Crippen LogP) is 2.70. The van der Waals surface area contributed by atoms with E-state index in [1.165, 1.54) is 5.56 Å². The van der Waals surface area contributed by atoms with E-state index < -0.39 is 5.91 Å². The number of nitrogens with one attached hydrogen (secondary N) is 1. The van der Waals surface area contributed by atoms with Crippen LogP contribution in [0.1, 0.15) is 35.8 Å². The molecule has 0 radical (unpaired) electrons. The van der Waals surface area contributed by atoms with Gasteiger partial charge in [-0.15, -0.1) is 0 Å². The average molecular weight is 244 g/mol. The lowest BCUT2D eigenvalue weighted by Gasteiger charge is -2.06. The van der Waals surface area contributed by atoms with Gasteiger partial charge in [0.2, 0.25) is 0 Å². The van der Waals surface area contributed by atoms with E-state index in [4.69, 9.17) is 5.21 Å². The number of amides is 1. The second-order valence-electron chi connectivity index (χ2n) is 4.26. The first kappa shape index (κ1) is 12.5. The van der Waals surface area contributed by atoms with Crippen molar-refractivity contribution in [1.29, 1.82) is 0 Å². The molecule has 1 aromatic heterocycles. The Bertz CT molecular complexity index is 567. The third-order valence-corrected chi connectivity index (χ3v) is 2.97. The average Bonchev–Trinajstić information content (AvgIpc) is 2.43. The molecule has 4 heteroatoms. The SMILES string of the molecule is CCCCc1ccc2ccnc(C(=O)NO)c2c1. The minimum absolute atomic E-state index is 0.258. The quantitative estimate of drug-likeness (QED) is 0.642. The van der Waals surface area contributed by atoms with Gasteiger partial charge in [-0.2, -0.15) is 0 Å². The first-order chi connectivity index (χ1) is 8.76. The van der Waals surface area contributed by atoms with Gasteiger partial charge in [-0.3, -0.25) is 15.0 Å². The van der Waals surface area contributed by atoms with E-state index >= 15 is 0 Å². The fourth-order valence-electron chi connectivity index (χ4n) is 1.99. The van der Waals surface area contributed by atoms with Gasteiger partial charge in [0.15, 0.2) is 0 Å². The van der Waals surface area contributed by atoms with Crippen molar-refractivity contribution in [3.63, 3.8) is 0 Å². The van der Waals surface area contributed by atoms with Crippen LogP contribution in [-0.4, -0.2) is 16.1 Å². The Kier molecular flexibility index (Phi) is 3.89. The molecule has 1 heterocycles. The molecule has 0 spiro atoms. The number of carbonyl (C=O) groups excluding carboxylic acids is 1. The van der Waals surface area contributed by atoms with Crippen molar-refractivity contribution in [3.05, 3.63) is 41.7 Å². The number of hydroxylamine groups is 1. The second-order valence-corrected chi connectivity index (χ2v) is 4.26. The maximum absolute atomic E-state index is 11.5. The van der Waals surface area contributed by atoms with Crippen molar-refractivity contribution >= 4 is 16.7 Å². The number of hydrogen-bond acceptors (Lipinski definition) is 3. The van der Waals surface area contributed by atoms with E-state index in [9.17, 15) is 4.79 Å². The highest BCUT2D eigenvalue weighted by atomic mass is 16.5. The van der Waals surface area contributed by atoms with Crippen LogP contribution in [0.2, 0.25) is 0 Å². The van der Waals surface area contributed by atoms with Gasteiger partial charge in [-0.25, -0.2) is 5.48 Å². The summed E-state index contributed by atoms with van der Waals surface area (Å²) in [5.41, 5.74) is 3.08. The van der Waals surface area contributed by atoms with Crippen LogP contribution in [0.4, 0.5) is 0 Å². The molecule has 0 fully saturated rings. The summed E-state index contributed by atoms with van der Waals surface area (Å²) in [6.07, 6.45) is 4.81. The van der Waals surface area contributed by atoms with E-state index in [0.29, 0.717) is 0 Å². The maximum atomic E-state index is 11.5. The maximum Gasteiger partial charge on any atom is 0.293 e. The lowest BCUT2D eigenvalue weighted by atomic mass is 10.0. The zero-order chi connectivity index (χ0) is 13.0. The van der Waals surface area contributed by atoms with Crippen molar-refractivity contribution in [2.45, 2.75) is 26.2 Å². The van der Waals surface area contributed by atoms with Crippen LogP contribution < -0.4 is 5.48 Å². The molecule has 0 unspecified atom stereocenters. The summed E-state index contributed by atoms with van der Waals surface area (Å²) in [6, 6.07) is 7.88. The van der Waals surface area contributed by atoms with Gasteiger partial charge in [0, 0.05) is 11.6 Å². The molecule has 18 heavy (non-hydrogen) atoms. The smallest absolute Gasteiger partial charge is 0.288 e.